The molecule has 0 bridgehead atoms. The quantitative estimate of drug-likeness (QED) is 0.0600. The molecule has 5 rings (SSSR count). The molecule has 4 aromatic rings. The number of hydrogen-bond donors (Lipinski definition) is 2. The van der Waals surface area contributed by atoms with Gasteiger partial charge in [0.05, 0.1) is 19.2 Å². The average Bonchev–Trinajstić information content (AvgIpc) is 3.91. The summed E-state index contributed by atoms with van der Waals surface area (Å²) in [6, 6.07) is 16.5. The van der Waals surface area contributed by atoms with Crippen LogP contribution >= 0.6 is 15.9 Å². The Hall–Kier alpha value is -4.26. The Labute approximate surface area is 287 Å². The third kappa shape index (κ3) is 8.80. The highest BCUT2D eigenvalue weighted by atomic mass is 79.9. The van der Waals surface area contributed by atoms with Crippen molar-refractivity contribution in [3.05, 3.63) is 72.7 Å². The number of benzene rings is 3. The van der Waals surface area contributed by atoms with Crippen LogP contribution < -0.4 is 25.3 Å². The Morgan fingerprint density at radius 1 is 0.896 bits per heavy atom. The Morgan fingerprint density at radius 3 is 2.27 bits per heavy atom. The number of amides is 2. The average molecular weight is 725 g/mol. The number of primary amides is 1. The molecule has 1 heterocycles. The summed E-state index contributed by atoms with van der Waals surface area (Å²) in [5.41, 5.74) is 6.39. The Kier molecular flexibility index (Phi) is 12.2. The SMILES string of the molecule is COc1cc2c(Oc3ccc(-c4cc(F)ccc4NC(=O)C4(C(N)=O)CC4)cc3)ccnc2cc1OCCCOCCCOCCCBr. The number of carbonyl (C=O) groups excluding carboxylic acids is 2. The number of ether oxygens (including phenoxy) is 5. The Morgan fingerprint density at radius 2 is 1.60 bits per heavy atom. The predicted molar refractivity (Wildman–Crippen MR) is 184 cm³/mol. The molecule has 0 atom stereocenters. The zero-order valence-electron chi connectivity index (χ0n) is 26.8. The van der Waals surface area contributed by atoms with Gasteiger partial charge < -0.3 is 34.7 Å². The van der Waals surface area contributed by atoms with E-state index >= 15 is 0 Å². The molecule has 48 heavy (non-hydrogen) atoms. The number of alkyl halides is 1. The van der Waals surface area contributed by atoms with Crippen molar-refractivity contribution in [2.24, 2.45) is 11.1 Å². The highest BCUT2D eigenvalue weighted by Crippen LogP contribution is 2.47. The lowest BCUT2D eigenvalue weighted by Crippen LogP contribution is -2.36. The molecule has 0 unspecified atom stereocenters. The first-order valence-corrected chi connectivity index (χ1v) is 17.0. The summed E-state index contributed by atoms with van der Waals surface area (Å²) in [7, 11) is 1.58. The number of carbonyl (C=O) groups is 2. The summed E-state index contributed by atoms with van der Waals surface area (Å²) in [6.45, 7) is 3.13. The van der Waals surface area contributed by atoms with Gasteiger partial charge in [0.1, 0.15) is 22.7 Å². The van der Waals surface area contributed by atoms with E-state index in [-0.39, 0.29) is 0 Å². The molecule has 3 N–H and O–H groups in total. The second kappa shape index (κ2) is 16.7. The van der Waals surface area contributed by atoms with E-state index in [1.807, 2.05) is 12.1 Å². The molecule has 10 nitrogen and oxygen atoms in total. The topological polar surface area (TPSA) is 131 Å². The molecular weight excluding hydrogens is 685 g/mol. The third-order valence-corrected chi connectivity index (χ3v) is 8.52. The molecular formula is C36H39BrFN3O7. The van der Waals surface area contributed by atoms with Crippen LogP contribution in [-0.2, 0) is 19.1 Å². The fourth-order valence-corrected chi connectivity index (χ4v) is 5.33. The molecule has 0 saturated heterocycles. The largest absolute Gasteiger partial charge is 0.493 e. The minimum atomic E-state index is -1.20. The number of pyridine rings is 1. The van der Waals surface area contributed by atoms with Crippen LogP contribution in [0.2, 0.25) is 0 Å². The van der Waals surface area contributed by atoms with Crippen molar-refractivity contribution in [2.45, 2.75) is 32.1 Å². The highest BCUT2D eigenvalue weighted by Gasteiger charge is 2.55. The fourth-order valence-electron chi connectivity index (χ4n) is 5.10. The monoisotopic (exact) mass is 723 g/mol. The van der Waals surface area contributed by atoms with Gasteiger partial charge in [-0.3, -0.25) is 14.6 Å². The molecule has 1 aromatic heterocycles. The van der Waals surface area contributed by atoms with E-state index in [9.17, 15) is 14.0 Å². The molecule has 1 saturated carbocycles. The fraction of sp³-hybridized carbons (Fsp3) is 0.361. The maximum absolute atomic E-state index is 14.3. The number of fused-ring (bicyclic) bond motifs is 1. The number of hydrogen-bond acceptors (Lipinski definition) is 8. The molecule has 1 aliphatic rings. The summed E-state index contributed by atoms with van der Waals surface area (Å²) < 4.78 is 43.3. The zero-order valence-corrected chi connectivity index (χ0v) is 28.4. The van der Waals surface area contributed by atoms with Gasteiger partial charge in [0.2, 0.25) is 11.8 Å². The molecule has 0 spiro atoms. The van der Waals surface area contributed by atoms with E-state index in [1.165, 1.54) is 18.2 Å². The Balaban J connectivity index is 1.21. The lowest BCUT2D eigenvalue weighted by Gasteiger charge is -2.16. The first kappa shape index (κ1) is 35.1. The lowest BCUT2D eigenvalue weighted by atomic mass is 10.0. The second-order valence-corrected chi connectivity index (χ2v) is 12.2. The second-order valence-electron chi connectivity index (χ2n) is 11.4. The number of rotatable bonds is 19. The molecule has 12 heteroatoms. The van der Waals surface area contributed by atoms with Gasteiger partial charge in [-0.25, -0.2) is 4.39 Å². The normalized spacial score (nSPS) is 13.2. The van der Waals surface area contributed by atoms with Crippen LogP contribution in [0.1, 0.15) is 32.1 Å². The van der Waals surface area contributed by atoms with E-state index in [1.54, 1.807) is 43.6 Å². The van der Waals surface area contributed by atoms with Crippen molar-refractivity contribution < 1.29 is 37.7 Å². The van der Waals surface area contributed by atoms with Crippen molar-refractivity contribution in [3.8, 4) is 34.1 Å². The number of aromatic nitrogens is 1. The summed E-state index contributed by atoms with van der Waals surface area (Å²) in [6.07, 6.45) is 5.02. The van der Waals surface area contributed by atoms with Gasteiger partial charge in [-0.05, 0) is 73.7 Å². The van der Waals surface area contributed by atoms with Crippen molar-refractivity contribution >= 4 is 44.3 Å². The van der Waals surface area contributed by atoms with Crippen LogP contribution in [0, 0.1) is 11.2 Å². The van der Waals surface area contributed by atoms with E-state index < -0.39 is 23.0 Å². The van der Waals surface area contributed by atoms with Crippen LogP contribution in [0.3, 0.4) is 0 Å². The predicted octanol–water partition coefficient (Wildman–Crippen LogP) is 7.02. The number of anilines is 1. The summed E-state index contributed by atoms with van der Waals surface area (Å²) in [4.78, 5) is 29.1. The van der Waals surface area contributed by atoms with Crippen molar-refractivity contribution in [1.29, 1.82) is 0 Å². The van der Waals surface area contributed by atoms with Gasteiger partial charge in [-0.1, -0.05) is 28.1 Å². The minimum Gasteiger partial charge on any atom is -0.493 e. The van der Waals surface area contributed by atoms with Crippen LogP contribution in [0.5, 0.6) is 23.0 Å². The highest BCUT2D eigenvalue weighted by molar-refractivity contribution is 9.09. The molecule has 2 amide bonds. The van der Waals surface area contributed by atoms with Gasteiger partial charge in [0.25, 0.3) is 0 Å². The van der Waals surface area contributed by atoms with Crippen LogP contribution in [0.15, 0.2) is 66.9 Å². The first-order valence-electron chi connectivity index (χ1n) is 15.8. The molecule has 1 aliphatic carbocycles. The zero-order chi connectivity index (χ0) is 33.9. The molecule has 0 radical (unpaired) electrons. The van der Waals surface area contributed by atoms with Crippen molar-refractivity contribution in [1.82, 2.24) is 4.98 Å². The summed E-state index contributed by atoms with van der Waals surface area (Å²) in [5, 5.41) is 4.44. The minimum absolute atomic E-state index is 0.377. The molecule has 1 fully saturated rings. The van der Waals surface area contributed by atoms with Gasteiger partial charge in [-0.15, -0.1) is 0 Å². The number of nitrogens with one attached hydrogen (secondary N) is 1. The maximum atomic E-state index is 14.3. The first-order chi connectivity index (χ1) is 23.3. The van der Waals surface area contributed by atoms with E-state index in [0.717, 1.165) is 36.6 Å². The van der Waals surface area contributed by atoms with Crippen LogP contribution in [0.25, 0.3) is 22.0 Å². The number of halogens is 2. The third-order valence-electron chi connectivity index (χ3n) is 7.96. The lowest BCUT2D eigenvalue weighted by molar-refractivity contribution is -0.132. The molecule has 3 aromatic carbocycles. The number of nitrogens with zero attached hydrogens (tertiary/aromatic N) is 1. The standard InChI is InChI=1S/C36H39BrFN3O7/c1-44-32-22-28-30(23-33(32)47-20-4-19-46-18-3-17-45-16-2-14-37)40-15-11-31(28)48-26-8-5-24(6-9-26)27-21-25(38)7-10-29(27)41-35(43)36(12-13-36)34(39)42/h5-11,15,21-23H,2-4,12-14,16-20H2,1H3,(H2,39,42)(H,41,43). The van der Waals surface area contributed by atoms with Crippen LogP contribution in [-0.4, -0.2) is 62.3 Å². The van der Waals surface area contributed by atoms with Gasteiger partial charge in [0.15, 0.2) is 11.5 Å². The van der Waals surface area contributed by atoms with E-state index in [4.69, 9.17) is 29.4 Å². The van der Waals surface area contributed by atoms with Crippen molar-refractivity contribution in [2.75, 3.05) is 50.8 Å². The Bertz CT molecular complexity index is 1720. The summed E-state index contributed by atoms with van der Waals surface area (Å²) >= 11 is 3.39. The van der Waals surface area contributed by atoms with E-state index in [2.05, 4.69) is 26.2 Å². The van der Waals surface area contributed by atoms with Crippen LogP contribution in [0.4, 0.5) is 10.1 Å². The van der Waals surface area contributed by atoms with Gasteiger partial charge >= 0.3 is 0 Å². The van der Waals surface area contributed by atoms with Crippen molar-refractivity contribution in [3.63, 3.8) is 0 Å². The number of methoxy groups -OCH3 is 1. The van der Waals surface area contributed by atoms with Gasteiger partial charge in [-0.2, -0.15) is 0 Å². The smallest absolute Gasteiger partial charge is 0.240 e. The molecule has 0 aliphatic heterocycles. The number of nitrogens with two attached hydrogens (primary N) is 1. The van der Waals surface area contributed by atoms with E-state index in [0.29, 0.717) is 84.6 Å². The maximum Gasteiger partial charge on any atom is 0.240 e. The van der Waals surface area contributed by atoms with Gasteiger partial charge in [0, 0.05) is 67.1 Å². The molecule has 254 valence electrons. The summed E-state index contributed by atoms with van der Waals surface area (Å²) in [5.74, 6) is 0.587.